The van der Waals surface area contributed by atoms with E-state index >= 15 is 0 Å². The third-order valence-corrected chi connectivity index (χ3v) is 8.86. The molecule has 1 aliphatic carbocycles. The van der Waals surface area contributed by atoms with Crippen molar-refractivity contribution in [3.8, 4) is 5.75 Å². The Morgan fingerprint density at radius 3 is 2.29 bits per heavy atom. The molecule has 0 unspecified atom stereocenters. The number of morpholine rings is 1. The molecule has 1 heterocycles. The van der Waals surface area contributed by atoms with Crippen molar-refractivity contribution in [3.05, 3.63) is 51.5 Å². The average Bonchev–Trinajstić information content (AvgIpc) is 2.98. The minimum Gasteiger partial charge on any atom is -0.496 e. The number of ether oxygens (including phenoxy) is 2. The summed E-state index contributed by atoms with van der Waals surface area (Å²) in [7, 11) is 1.65. The van der Waals surface area contributed by atoms with E-state index in [1.807, 2.05) is 38.1 Å². The van der Waals surface area contributed by atoms with Crippen LogP contribution in [0.2, 0.25) is 0 Å². The molecule has 230 valence electrons. The molecular weight excluding hydrogens is 598 g/mol. The van der Waals surface area contributed by atoms with Crippen molar-refractivity contribution < 1.29 is 23.9 Å². The van der Waals surface area contributed by atoms with Crippen molar-refractivity contribution in [2.75, 3.05) is 50.6 Å². The van der Waals surface area contributed by atoms with Gasteiger partial charge in [0.15, 0.2) is 5.78 Å². The number of ketones is 1. The van der Waals surface area contributed by atoms with Crippen molar-refractivity contribution in [3.63, 3.8) is 0 Å². The smallest absolute Gasteiger partial charge is 0.238 e. The summed E-state index contributed by atoms with van der Waals surface area (Å²) in [5, 5.41) is 5.90. The van der Waals surface area contributed by atoms with Gasteiger partial charge in [0.2, 0.25) is 11.8 Å². The fourth-order valence-corrected chi connectivity index (χ4v) is 6.26. The summed E-state index contributed by atoms with van der Waals surface area (Å²) in [4.78, 5) is 38.3. The van der Waals surface area contributed by atoms with Gasteiger partial charge >= 0.3 is 0 Å². The minimum atomic E-state index is -0.0763. The summed E-state index contributed by atoms with van der Waals surface area (Å²) in [5.74, 6) is 1.89. The monoisotopic (exact) mass is 643 g/mol. The lowest BCUT2D eigenvalue weighted by Crippen LogP contribution is -2.41. The molecule has 2 aliphatic rings. The predicted molar refractivity (Wildman–Crippen MR) is 172 cm³/mol. The summed E-state index contributed by atoms with van der Waals surface area (Å²) in [6.45, 7) is 11.0. The van der Waals surface area contributed by atoms with E-state index < -0.39 is 0 Å². The quantitative estimate of drug-likeness (QED) is 0.297. The number of amides is 2. The first-order valence-corrected chi connectivity index (χ1v) is 15.8. The van der Waals surface area contributed by atoms with Gasteiger partial charge in [-0.05, 0) is 81.2 Å². The number of hydrogen-bond donors (Lipinski definition) is 2. The van der Waals surface area contributed by atoms with E-state index in [0.717, 1.165) is 65.3 Å². The van der Waals surface area contributed by atoms with E-state index in [4.69, 9.17) is 9.47 Å². The van der Waals surface area contributed by atoms with Crippen LogP contribution in [0.4, 0.5) is 11.4 Å². The zero-order valence-corrected chi connectivity index (χ0v) is 27.3. The Bertz CT molecular complexity index is 1220. The molecule has 8 nitrogen and oxygen atoms in total. The van der Waals surface area contributed by atoms with Gasteiger partial charge in [-0.1, -0.05) is 42.3 Å². The number of nitrogens with zero attached hydrogens (tertiary/aromatic N) is 1. The number of aryl methyl sites for hydroxylation is 1. The van der Waals surface area contributed by atoms with Gasteiger partial charge in [0.25, 0.3) is 0 Å². The second-order valence-corrected chi connectivity index (χ2v) is 12.0. The van der Waals surface area contributed by atoms with Gasteiger partial charge in [0, 0.05) is 46.5 Å². The largest absolute Gasteiger partial charge is 0.496 e. The topological polar surface area (TPSA) is 97.0 Å². The van der Waals surface area contributed by atoms with Crippen LogP contribution in [0.25, 0.3) is 0 Å². The maximum Gasteiger partial charge on any atom is 0.238 e. The van der Waals surface area contributed by atoms with E-state index in [9.17, 15) is 14.4 Å². The molecule has 2 N–H and O–H groups in total. The Hall–Kier alpha value is -2.75. The van der Waals surface area contributed by atoms with Crippen molar-refractivity contribution >= 4 is 44.9 Å². The fourth-order valence-electron chi connectivity index (χ4n) is 5.52. The summed E-state index contributed by atoms with van der Waals surface area (Å²) in [5.41, 5.74) is 4.17. The number of carbonyl (C=O) groups is 3. The van der Waals surface area contributed by atoms with Crippen molar-refractivity contribution in [2.45, 2.75) is 66.2 Å². The Morgan fingerprint density at radius 2 is 1.69 bits per heavy atom. The number of carbonyl (C=O) groups excluding carboxylic acids is 3. The van der Waals surface area contributed by atoms with Gasteiger partial charge in [-0.25, -0.2) is 0 Å². The van der Waals surface area contributed by atoms with Crippen molar-refractivity contribution in [1.82, 2.24) is 4.90 Å². The molecule has 2 aromatic carbocycles. The summed E-state index contributed by atoms with van der Waals surface area (Å²) in [6.07, 6.45) is 6.42. The molecule has 1 saturated carbocycles. The highest BCUT2D eigenvalue weighted by atomic mass is 79.9. The molecule has 0 bridgehead atoms. The van der Waals surface area contributed by atoms with Gasteiger partial charge in [-0.3, -0.25) is 19.3 Å². The molecule has 0 atom stereocenters. The maximum atomic E-state index is 12.3. The van der Waals surface area contributed by atoms with Crippen LogP contribution in [0.3, 0.4) is 0 Å². The molecule has 1 saturated heterocycles. The molecule has 0 spiro atoms. The molecule has 2 amide bonds. The van der Waals surface area contributed by atoms with Crippen LogP contribution in [0.15, 0.2) is 34.8 Å². The lowest BCUT2D eigenvalue weighted by Gasteiger charge is -2.27. The first-order chi connectivity index (χ1) is 20.1. The number of rotatable bonds is 9. The zero-order valence-electron chi connectivity index (χ0n) is 25.7. The van der Waals surface area contributed by atoms with Gasteiger partial charge in [-0.2, -0.15) is 0 Å². The van der Waals surface area contributed by atoms with Crippen LogP contribution in [0, 0.1) is 18.8 Å². The van der Waals surface area contributed by atoms with Crippen LogP contribution < -0.4 is 15.4 Å². The highest BCUT2D eigenvalue weighted by Crippen LogP contribution is 2.32. The SMILES string of the molecule is CCC1CCC(C(=O)Nc2ccc(C)c(OC)c2)CC1.CCc1c(Br)cc(NC(=O)CN2CCOCC2)cc1C(C)=O. The number of methoxy groups -OCH3 is 1. The second-order valence-electron chi connectivity index (χ2n) is 11.1. The third-order valence-electron chi connectivity index (χ3n) is 8.15. The van der Waals surface area contributed by atoms with Gasteiger partial charge in [-0.15, -0.1) is 0 Å². The van der Waals surface area contributed by atoms with Crippen LogP contribution in [0.1, 0.15) is 74.4 Å². The van der Waals surface area contributed by atoms with Crippen LogP contribution >= 0.6 is 15.9 Å². The van der Waals surface area contributed by atoms with Crippen LogP contribution in [-0.4, -0.2) is 62.5 Å². The standard InChI is InChI=1S/C17H25NO2.C16H21BrN2O3/c1-4-13-6-8-14(9-7-13)17(19)18-15-10-5-12(2)16(11-15)20-3;1-3-13-14(11(2)20)8-12(9-15(13)17)18-16(21)10-19-4-6-22-7-5-19/h5,10-11,13-14H,4,6-9H2,1-3H3,(H,18,19);8-9H,3-7,10H2,1-2H3,(H,18,21). The number of Topliss-reactive ketones (excluding diaryl/α,β-unsaturated/α-hetero) is 1. The normalized spacial score (nSPS) is 18.8. The third kappa shape index (κ3) is 9.92. The Morgan fingerprint density at radius 1 is 1.00 bits per heavy atom. The summed E-state index contributed by atoms with van der Waals surface area (Å²) < 4.78 is 11.4. The Kier molecular flexibility index (Phi) is 13.5. The Labute approximate surface area is 259 Å². The molecular formula is C33H46BrN3O5. The van der Waals surface area contributed by atoms with E-state index in [-0.39, 0.29) is 23.5 Å². The van der Waals surface area contributed by atoms with E-state index in [2.05, 4.69) is 38.4 Å². The molecule has 42 heavy (non-hydrogen) atoms. The second kappa shape index (κ2) is 16.8. The minimum absolute atomic E-state index is 0.00169. The van der Waals surface area contributed by atoms with E-state index in [1.165, 1.54) is 19.3 Å². The molecule has 0 radical (unpaired) electrons. The molecule has 9 heteroatoms. The predicted octanol–water partition coefficient (Wildman–Crippen LogP) is 6.64. The molecule has 2 aromatic rings. The molecule has 2 fully saturated rings. The van der Waals surface area contributed by atoms with Crippen molar-refractivity contribution in [2.24, 2.45) is 11.8 Å². The first-order valence-electron chi connectivity index (χ1n) is 15.0. The number of anilines is 2. The first kappa shape index (κ1) is 33.7. The zero-order chi connectivity index (χ0) is 30.6. The van der Waals surface area contributed by atoms with E-state index in [0.29, 0.717) is 31.0 Å². The lowest BCUT2D eigenvalue weighted by molar-refractivity contribution is -0.121. The number of benzene rings is 2. The van der Waals surface area contributed by atoms with Gasteiger partial charge in [0.1, 0.15) is 5.75 Å². The maximum absolute atomic E-state index is 12.3. The molecule has 4 rings (SSSR count). The molecule has 0 aromatic heterocycles. The van der Waals surface area contributed by atoms with E-state index in [1.54, 1.807) is 20.1 Å². The number of nitrogens with one attached hydrogen (secondary N) is 2. The summed E-state index contributed by atoms with van der Waals surface area (Å²) >= 11 is 3.48. The number of hydrogen-bond acceptors (Lipinski definition) is 6. The van der Waals surface area contributed by atoms with Crippen LogP contribution in [0.5, 0.6) is 5.75 Å². The highest BCUT2D eigenvalue weighted by molar-refractivity contribution is 9.10. The van der Waals surface area contributed by atoms with Gasteiger partial charge in [0.05, 0.1) is 26.9 Å². The number of halogens is 1. The highest BCUT2D eigenvalue weighted by Gasteiger charge is 2.25. The van der Waals surface area contributed by atoms with Gasteiger partial charge < -0.3 is 20.1 Å². The van der Waals surface area contributed by atoms with Crippen molar-refractivity contribution in [1.29, 1.82) is 0 Å². The average molecular weight is 645 g/mol. The lowest BCUT2D eigenvalue weighted by atomic mass is 9.80. The Balaban J connectivity index is 0.000000231. The summed E-state index contributed by atoms with van der Waals surface area (Å²) in [6, 6.07) is 9.41. The fraction of sp³-hybridized carbons (Fsp3) is 0.545. The molecule has 1 aliphatic heterocycles. The van der Waals surface area contributed by atoms with Crippen LogP contribution in [-0.2, 0) is 20.7 Å².